The highest BCUT2D eigenvalue weighted by atomic mass is 35.5. The Balaban J connectivity index is 1.71. The SMILES string of the molecule is CC(=N)N1C(=N)C(CC(=O)OC(C)c2ccc(C=O)cc2)N=C(c2ccc(Cl)cc2)c2c1sc(C)c2C. The summed E-state index contributed by atoms with van der Waals surface area (Å²) in [5.74, 6) is -0.303. The Morgan fingerprint density at radius 1 is 1.19 bits per heavy atom. The minimum Gasteiger partial charge on any atom is -0.458 e. The van der Waals surface area contributed by atoms with Crippen LogP contribution in [0.4, 0.5) is 5.00 Å². The topological polar surface area (TPSA) is 107 Å². The summed E-state index contributed by atoms with van der Waals surface area (Å²) in [6.45, 7) is 7.39. The molecule has 3 aromatic rings. The van der Waals surface area contributed by atoms with Gasteiger partial charge >= 0.3 is 5.97 Å². The third-order valence-corrected chi connectivity index (χ3v) is 7.76. The zero-order chi connectivity index (χ0) is 26.9. The maximum absolute atomic E-state index is 13.0. The number of carbonyl (C=O) groups excluding carboxylic acids is 2. The molecule has 9 heteroatoms. The van der Waals surface area contributed by atoms with Gasteiger partial charge in [0, 0.05) is 26.6 Å². The van der Waals surface area contributed by atoms with Crippen LogP contribution < -0.4 is 4.90 Å². The van der Waals surface area contributed by atoms with Crippen molar-refractivity contribution in [2.75, 3.05) is 4.90 Å². The first kappa shape index (κ1) is 26.4. The van der Waals surface area contributed by atoms with Crippen LogP contribution in [-0.2, 0) is 9.53 Å². The van der Waals surface area contributed by atoms with Crippen LogP contribution in [-0.4, -0.2) is 35.7 Å². The Hall–Kier alpha value is -3.62. The van der Waals surface area contributed by atoms with Crippen LogP contribution in [0, 0.1) is 24.7 Å². The van der Waals surface area contributed by atoms with E-state index < -0.39 is 18.1 Å². The molecule has 37 heavy (non-hydrogen) atoms. The number of anilines is 1. The average Bonchev–Trinajstić information content (AvgIpc) is 3.08. The van der Waals surface area contributed by atoms with Crippen LogP contribution in [0.15, 0.2) is 53.5 Å². The lowest BCUT2D eigenvalue weighted by Gasteiger charge is -2.25. The zero-order valence-corrected chi connectivity index (χ0v) is 22.5. The molecular weight excluding hydrogens is 508 g/mol. The van der Waals surface area contributed by atoms with Crippen molar-refractivity contribution < 1.29 is 14.3 Å². The number of esters is 1. The van der Waals surface area contributed by atoms with Crippen molar-refractivity contribution in [3.63, 3.8) is 0 Å². The van der Waals surface area contributed by atoms with Crippen molar-refractivity contribution in [2.45, 2.75) is 46.3 Å². The average molecular weight is 535 g/mol. The molecule has 1 aliphatic heterocycles. The standard InChI is InChI=1S/C28H27ClN4O3S/c1-15-17(3)37-28-25(15)26(21-9-11-22(29)12-10-21)32-23(27(31)33(28)18(4)30)13-24(35)36-16(2)20-7-5-19(14-34)6-8-20/h5-12,14,16,23,30-31H,13H2,1-4H3. The molecule has 0 saturated heterocycles. The Kier molecular flexibility index (Phi) is 7.71. The third-order valence-electron chi connectivity index (χ3n) is 6.31. The minimum atomic E-state index is -0.859. The number of fused-ring (bicyclic) bond motifs is 1. The van der Waals surface area contributed by atoms with Crippen molar-refractivity contribution in [3.05, 3.63) is 86.2 Å². The molecule has 0 fully saturated rings. The Labute approximate surface area is 224 Å². The normalized spacial score (nSPS) is 15.9. The number of nitrogens with zero attached hydrogens (tertiary/aromatic N) is 2. The monoisotopic (exact) mass is 534 g/mol. The van der Waals surface area contributed by atoms with Gasteiger partial charge in [-0.1, -0.05) is 48.0 Å². The highest BCUT2D eigenvalue weighted by molar-refractivity contribution is 7.17. The van der Waals surface area contributed by atoms with Gasteiger partial charge < -0.3 is 4.74 Å². The number of hydrogen-bond acceptors (Lipinski definition) is 7. The number of aldehydes is 1. The van der Waals surface area contributed by atoms with Gasteiger partial charge in [0.1, 0.15) is 35.1 Å². The molecule has 1 aliphatic rings. The molecule has 2 heterocycles. The van der Waals surface area contributed by atoms with Gasteiger partial charge in [0.25, 0.3) is 0 Å². The van der Waals surface area contributed by atoms with E-state index in [9.17, 15) is 9.59 Å². The number of hydrogen-bond donors (Lipinski definition) is 2. The number of halogens is 1. The van der Waals surface area contributed by atoms with Gasteiger partial charge in [0.15, 0.2) is 0 Å². The van der Waals surface area contributed by atoms with Crippen molar-refractivity contribution in [1.29, 1.82) is 10.8 Å². The summed E-state index contributed by atoms with van der Waals surface area (Å²) in [5.41, 5.74) is 4.62. The van der Waals surface area contributed by atoms with Crippen LogP contribution in [0.1, 0.15) is 63.9 Å². The first-order chi connectivity index (χ1) is 17.6. The summed E-state index contributed by atoms with van der Waals surface area (Å²) < 4.78 is 5.68. The van der Waals surface area contributed by atoms with Gasteiger partial charge in [0.05, 0.1) is 12.1 Å². The molecule has 2 atom stereocenters. The fourth-order valence-electron chi connectivity index (χ4n) is 4.20. The van der Waals surface area contributed by atoms with E-state index in [2.05, 4.69) is 0 Å². The molecule has 2 aromatic carbocycles. The minimum absolute atomic E-state index is 0.0407. The van der Waals surface area contributed by atoms with Gasteiger partial charge in [-0.25, -0.2) is 0 Å². The van der Waals surface area contributed by atoms with Crippen molar-refractivity contribution in [3.8, 4) is 0 Å². The molecule has 0 bridgehead atoms. The second-order valence-electron chi connectivity index (χ2n) is 8.89. The molecule has 1 aromatic heterocycles. The van der Waals surface area contributed by atoms with Crippen LogP contribution >= 0.6 is 22.9 Å². The number of nitrogens with one attached hydrogen (secondary N) is 2. The maximum Gasteiger partial charge on any atom is 0.309 e. The molecule has 2 unspecified atom stereocenters. The molecular formula is C28H27ClN4O3S. The molecule has 0 aliphatic carbocycles. The van der Waals surface area contributed by atoms with E-state index in [1.807, 2.05) is 26.0 Å². The number of benzene rings is 2. The molecule has 0 saturated carbocycles. The van der Waals surface area contributed by atoms with Gasteiger partial charge in [0.2, 0.25) is 0 Å². The Morgan fingerprint density at radius 2 is 1.84 bits per heavy atom. The third kappa shape index (κ3) is 5.40. The molecule has 0 radical (unpaired) electrons. The van der Waals surface area contributed by atoms with E-state index in [1.54, 1.807) is 55.1 Å². The first-order valence-electron chi connectivity index (χ1n) is 11.7. The van der Waals surface area contributed by atoms with E-state index in [0.29, 0.717) is 16.3 Å². The summed E-state index contributed by atoms with van der Waals surface area (Å²) in [7, 11) is 0. The van der Waals surface area contributed by atoms with Gasteiger partial charge in [-0.2, -0.15) is 0 Å². The number of ether oxygens (including phenoxy) is 1. The van der Waals surface area contributed by atoms with Crippen LogP contribution in [0.25, 0.3) is 0 Å². The molecule has 190 valence electrons. The van der Waals surface area contributed by atoms with E-state index in [4.69, 9.17) is 32.1 Å². The fraction of sp³-hybridized carbons (Fsp3) is 0.250. The quantitative estimate of drug-likeness (QED) is 0.162. The fourth-order valence-corrected chi connectivity index (χ4v) is 5.55. The molecule has 0 spiro atoms. The number of thiophene rings is 1. The van der Waals surface area contributed by atoms with Gasteiger partial charge in [-0.3, -0.25) is 30.3 Å². The maximum atomic E-state index is 13.0. The number of aryl methyl sites for hydroxylation is 1. The van der Waals surface area contributed by atoms with E-state index >= 15 is 0 Å². The second kappa shape index (κ2) is 10.8. The smallest absolute Gasteiger partial charge is 0.309 e. The summed E-state index contributed by atoms with van der Waals surface area (Å²) >= 11 is 7.63. The summed E-state index contributed by atoms with van der Waals surface area (Å²) in [6, 6.07) is 13.3. The van der Waals surface area contributed by atoms with Gasteiger partial charge in [-0.05, 0) is 51.0 Å². The lowest BCUT2D eigenvalue weighted by molar-refractivity contribution is -0.148. The van der Waals surface area contributed by atoms with Crippen molar-refractivity contribution in [1.82, 2.24) is 0 Å². The summed E-state index contributed by atoms with van der Waals surface area (Å²) in [6.07, 6.45) is 0.0525. The predicted octanol–water partition coefficient (Wildman–Crippen LogP) is 6.53. The largest absolute Gasteiger partial charge is 0.458 e. The van der Waals surface area contributed by atoms with E-state index in [1.165, 1.54) is 11.3 Å². The molecule has 7 nitrogen and oxygen atoms in total. The zero-order valence-electron chi connectivity index (χ0n) is 21.0. The lowest BCUT2D eigenvalue weighted by Crippen LogP contribution is -2.41. The van der Waals surface area contributed by atoms with Crippen LogP contribution in [0.5, 0.6) is 0 Å². The Bertz CT molecular complexity index is 1410. The number of aliphatic imine (C=N–C) groups is 1. The van der Waals surface area contributed by atoms with Crippen LogP contribution in [0.2, 0.25) is 5.02 Å². The summed E-state index contributed by atoms with van der Waals surface area (Å²) in [4.78, 5) is 31.5. The lowest BCUT2D eigenvalue weighted by atomic mass is 9.99. The number of carbonyl (C=O) groups is 2. The van der Waals surface area contributed by atoms with Crippen LogP contribution in [0.3, 0.4) is 0 Å². The number of amidine groups is 2. The number of rotatable bonds is 6. The molecule has 2 N–H and O–H groups in total. The molecule has 0 amide bonds. The summed E-state index contributed by atoms with van der Waals surface area (Å²) in [5, 5.41) is 18.7. The van der Waals surface area contributed by atoms with Gasteiger partial charge in [-0.15, -0.1) is 11.3 Å². The second-order valence-corrected chi connectivity index (χ2v) is 10.5. The highest BCUT2D eigenvalue weighted by Gasteiger charge is 2.35. The van der Waals surface area contributed by atoms with Crippen molar-refractivity contribution in [2.24, 2.45) is 4.99 Å². The predicted molar refractivity (Wildman–Crippen MR) is 149 cm³/mol. The van der Waals surface area contributed by atoms with E-state index in [0.717, 1.165) is 38.4 Å². The Morgan fingerprint density at radius 3 is 2.43 bits per heavy atom. The molecule has 4 rings (SSSR count). The highest BCUT2D eigenvalue weighted by Crippen LogP contribution is 2.40. The van der Waals surface area contributed by atoms with Crippen molar-refractivity contribution >= 4 is 57.6 Å². The first-order valence-corrected chi connectivity index (χ1v) is 12.9. The van der Waals surface area contributed by atoms with E-state index in [-0.39, 0.29) is 18.1 Å².